The SMILES string of the molecule is O=C(Cc1ccccc1)c1cccnc1Cc1ccc(Oc2ccnc(NC(=O)N3CCOCC3)c2)c(F)c1. The van der Waals surface area contributed by atoms with Gasteiger partial charge in [0.2, 0.25) is 0 Å². The van der Waals surface area contributed by atoms with Crippen molar-refractivity contribution in [1.29, 1.82) is 0 Å². The number of Topliss-reactive ketones (excluding diaryl/α,β-unsaturated/α-hetero) is 1. The van der Waals surface area contributed by atoms with E-state index in [0.29, 0.717) is 61.1 Å². The molecule has 0 spiro atoms. The van der Waals surface area contributed by atoms with Gasteiger partial charge in [-0.2, -0.15) is 0 Å². The summed E-state index contributed by atoms with van der Waals surface area (Å²) in [6.45, 7) is 1.98. The van der Waals surface area contributed by atoms with E-state index >= 15 is 4.39 Å². The molecule has 5 rings (SSSR count). The minimum atomic E-state index is -0.559. The Morgan fingerprint density at radius 2 is 1.74 bits per heavy atom. The fraction of sp³-hybridized carbons (Fsp3) is 0.200. The summed E-state index contributed by atoms with van der Waals surface area (Å²) >= 11 is 0. The molecule has 1 aliphatic rings. The van der Waals surface area contributed by atoms with Crippen LogP contribution in [0.5, 0.6) is 11.5 Å². The van der Waals surface area contributed by atoms with E-state index in [2.05, 4.69) is 15.3 Å². The fourth-order valence-corrected chi connectivity index (χ4v) is 4.26. The molecule has 1 saturated heterocycles. The van der Waals surface area contributed by atoms with Crippen LogP contribution in [0.25, 0.3) is 0 Å². The van der Waals surface area contributed by atoms with E-state index in [1.54, 1.807) is 35.4 Å². The lowest BCUT2D eigenvalue weighted by Gasteiger charge is -2.26. The summed E-state index contributed by atoms with van der Waals surface area (Å²) in [5.74, 6) is 0.0448. The average molecular weight is 527 g/mol. The van der Waals surface area contributed by atoms with Crippen molar-refractivity contribution in [1.82, 2.24) is 14.9 Å². The Balaban J connectivity index is 1.25. The summed E-state index contributed by atoms with van der Waals surface area (Å²) in [5, 5.41) is 2.73. The van der Waals surface area contributed by atoms with E-state index in [1.807, 2.05) is 30.3 Å². The number of carbonyl (C=O) groups excluding carboxylic acids is 2. The molecule has 1 aliphatic heterocycles. The minimum absolute atomic E-state index is 0.0248. The number of morpholine rings is 1. The van der Waals surface area contributed by atoms with E-state index in [9.17, 15) is 9.59 Å². The lowest BCUT2D eigenvalue weighted by atomic mass is 9.98. The van der Waals surface area contributed by atoms with E-state index < -0.39 is 5.82 Å². The third kappa shape index (κ3) is 6.82. The van der Waals surface area contributed by atoms with Crippen molar-refractivity contribution in [3.63, 3.8) is 0 Å². The molecular weight excluding hydrogens is 499 g/mol. The van der Waals surface area contributed by atoms with Crippen LogP contribution in [0, 0.1) is 5.82 Å². The number of nitrogens with zero attached hydrogens (tertiary/aromatic N) is 3. The monoisotopic (exact) mass is 526 g/mol. The number of amides is 2. The lowest BCUT2D eigenvalue weighted by molar-refractivity contribution is 0.0564. The van der Waals surface area contributed by atoms with Crippen molar-refractivity contribution in [3.8, 4) is 11.5 Å². The molecule has 0 unspecified atom stereocenters. The van der Waals surface area contributed by atoms with Gasteiger partial charge in [0.05, 0.1) is 18.9 Å². The highest BCUT2D eigenvalue weighted by molar-refractivity contribution is 5.98. The van der Waals surface area contributed by atoms with Crippen LogP contribution in [0.1, 0.15) is 27.2 Å². The molecule has 0 bridgehead atoms. The number of carbonyl (C=O) groups is 2. The van der Waals surface area contributed by atoms with Crippen LogP contribution < -0.4 is 10.1 Å². The normalized spacial score (nSPS) is 13.1. The zero-order valence-electron chi connectivity index (χ0n) is 21.2. The maximum absolute atomic E-state index is 15.0. The first-order chi connectivity index (χ1) is 19.0. The smallest absolute Gasteiger partial charge is 0.323 e. The van der Waals surface area contributed by atoms with Crippen molar-refractivity contribution >= 4 is 17.6 Å². The maximum atomic E-state index is 15.0. The van der Waals surface area contributed by atoms with Gasteiger partial charge in [0, 0.05) is 50.0 Å². The van der Waals surface area contributed by atoms with Crippen LogP contribution in [0.3, 0.4) is 0 Å². The molecule has 39 heavy (non-hydrogen) atoms. The van der Waals surface area contributed by atoms with Gasteiger partial charge in [0.1, 0.15) is 11.6 Å². The Kier molecular flexibility index (Phi) is 8.18. The van der Waals surface area contributed by atoms with E-state index in [4.69, 9.17) is 9.47 Å². The van der Waals surface area contributed by atoms with E-state index in [1.165, 1.54) is 24.4 Å². The first kappa shape index (κ1) is 26.0. The van der Waals surface area contributed by atoms with Crippen LogP contribution in [-0.4, -0.2) is 53.0 Å². The highest BCUT2D eigenvalue weighted by atomic mass is 19.1. The van der Waals surface area contributed by atoms with Gasteiger partial charge in [-0.15, -0.1) is 0 Å². The van der Waals surface area contributed by atoms with Gasteiger partial charge in [-0.25, -0.2) is 14.2 Å². The predicted octanol–water partition coefficient (Wildman–Crippen LogP) is 5.29. The summed E-state index contributed by atoms with van der Waals surface area (Å²) in [7, 11) is 0. The Bertz CT molecular complexity index is 1460. The number of hydrogen-bond donors (Lipinski definition) is 1. The molecule has 0 saturated carbocycles. The van der Waals surface area contributed by atoms with Gasteiger partial charge in [-0.1, -0.05) is 36.4 Å². The van der Waals surface area contributed by atoms with Gasteiger partial charge >= 0.3 is 6.03 Å². The standard InChI is InChI=1S/C30H27FN4O4/c31-25-17-22(18-26-24(7-4-11-32-26)27(36)19-21-5-2-1-3-6-21)8-9-28(25)39-23-10-12-33-29(20-23)34-30(37)35-13-15-38-16-14-35/h1-12,17,20H,13-16,18-19H2,(H,33,34,37). The molecule has 1 N–H and O–H groups in total. The molecule has 3 heterocycles. The van der Waals surface area contributed by atoms with Crippen LogP contribution in [0.2, 0.25) is 0 Å². The predicted molar refractivity (Wildman–Crippen MR) is 144 cm³/mol. The molecule has 198 valence electrons. The molecule has 2 amide bonds. The second kappa shape index (κ2) is 12.3. The third-order valence-electron chi connectivity index (χ3n) is 6.26. The lowest BCUT2D eigenvalue weighted by Crippen LogP contribution is -2.43. The molecule has 9 heteroatoms. The van der Waals surface area contributed by atoms with Crippen molar-refractivity contribution in [2.45, 2.75) is 12.8 Å². The van der Waals surface area contributed by atoms with E-state index in [-0.39, 0.29) is 24.0 Å². The Morgan fingerprint density at radius 3 is 2.54 bits per heavy atom. The maximum Gasteiger partial charge on any atom is 0.323 e. The summed E-state index contributed by atoms with van der Waals surface area (Å²) in [4.78, 5) is 35.6. The number of ether oxygens (including phenoxy) is 2. The number of aromatic nitrogens is 2. The van der Waals surface area contributed by atoms with Crippen LogP contribution in [0.15, 0.2) is 85.2 Å². The number of hydrogen-bond acceptors (Lipinski definition) is 6. The average Bonchev–Trinajstić information content (AvgIpc) is 2.96. The largest absolute Gasteiger partial charge is 0.454 e. The zero-order chi connectivity index (χ0) is 27.0. The van der Waals surface area contributed by atoms with Crippen molar-refractivity contribution in [2.75, 3.05) is 31.6 Å². The Hall–Kier alpha value is -4.63. The zero-order valence-corrected chi connectivity index (χ0v) is 21.2. The van der Waals surface area contributed by atoms with Crippen molar-refractivity contribution < 1.29 is 23.5 Å². The number of urea groups is 1. The molecule has 0 aliphatic carbocycles. The van der Waals surface area contributed by atoms with Gasteiger partial charge in [-0.3, -0.25) is 15.1 Å². The summed E-state index contributed by atoms with van der Waals surface area (Å²) in [6.07, 6.45) is 3.66. The molecule has 8 nitrogen and oxygen atoms in total. The number of ketones is 1. The second-order valence-electron chi connectivity index (χ2n) is 9.03. The topological polar surface area (TPSA) is 93.7 Å². The quantitative estimate of drug-likeness (QED) is 0.314. The number of benzene rings is 2. The van der Waals surface area contributed by atoms with Crippen LogP contribution >= 0.6 is 0 Å². The molecule has 0 atom stereocenters. The fourth-order valence-electron chi connectivity index (χ4n) is 4.26. The van der Waals surface area contributed by atoms with Crippen molar-refractivity contribution in [2.24, 2.45) is 0 Å². The molecular formula is C30H27FN4O4. The molecule has 2 aromatic carbocycles. The third-order valence-corrected chi connectivity index (χ3v) is 6.26. The molecule has 1 fully saturated rings. The van der Waals surface area contributed by atoms with Gasteiger partial charge in [0.25, 0.3) is 0 Å². The molecule has 0 radical (unpaired) electrons. The van der Waals surface area contributed by atoms with Crippen molar-refractivity contribution in [3.05, 3.63) is 113 Å². The summed E-state index contributed by atoms with van der Waals surface area (Å²) in [6, 6.07) is 20.5. The summed E-state index contributed by atoms with van der Waals surface area (Å²) < 4.78 is 26.0. The van der Waals surface area contributed by atoms with Gasteiger partial charge < -0.3 is 14.4 Å². The number of anilines is 1. The summed E-state index contributed by atoms with van der Waals surface area (Å²) in [5.41, 5.74) is 2.68. The molecule has 4 aromatic rings. The minimum Gasteiger partial charge on any atom is -0.454 e. The second-order valence-corrected chi connectivity index (χ2v) is 9.03. The van der Waals surface area contributed by atoms with Gasteiger partial charge in [0.15, 0.2) is 17.3 Å². The Morgan fingerprint density at radius 1 is 0.923 bits per heavy atom. The van der Waals surface area contributed by atoms with Gasteiger partial charge in [-0.05, 0) is 41.5 Å². The first-order valence-corrected chi connectivity index (χ1v) is 12.6. The highest BCUT2D eigenvalue weighted by Gasteiger charge is 2.18. The first-order valence-electron chi connectivity index (χ1n) is 12.6. The number of halogens is 1. The van der Waals surface area contributed by atoms with Crippen LogP contribution in [-0.2, 0) is 17.6 Å². The number of pyridine rings is 2. The highest BCUT2D eigenvalue weighted by Crippen LogP contribution is 2.27. The number of rotatable bonds is 8. The Labute approximate surface area is 225 Å². The number of nitrogens with one attached hydrogen (secondary N) is 1. The van der Waals surface area contributed by atoms with Crippen LogP contribution in [0.4, 0.5) is 15.0 Å². The van der Waals surface area contributed by atoms with E-state index in [0.717, 1.165) is 5.56 Å². The molecule has 2 aromatic heterocycles.